The second-order valence-electron chi connectivity index (χ2n) is 8.37. The van der Waals surface area contributed by atoms with Gasteiger partial charge in [-0.2, -0.15) is 0 Å². The molecule has 2 aliphatic heterocycles. The minimum atomic E-state index is -0.470. The van der Waals surface area contributed by atoms with Crippen molar-refractivity contribution in [2.24, 2.45) is 0 Å². The van der Waals surface area contributed by atoms with Crippen molar-refractivity contribution in [2.75, 3.05) is 46.8 Å². The Morgan fingerprint density at radius 2 is 1.76 bits per heavy atom. The molecule has 0 saturated carbocycles. The largest absolute Gasteiger partial charge is 0.388 e. The summed E-state index contributed by atoms with van der Waals surface area (Å²) in [6.07, 6.45) is 4.39. The number of nitrogens with zero attached hydrogens (tertiary/aromatic N) is 3. The number of likely N-dealkylation sites (tertiary alicyclic amines) is 2. The molecule has 2 heterocycles. The Kier molecular flexibility index (Phi) is 6.16. The van der Waals surface area contributed by atoms with Gasteiger partial charge in [0, 0.05) is 32.2 Å². The normalized spacial score (nSPS) is 23.2. The molecule has 0 aliphatic carbocycles. The molecule has 1 aromatic rings. The summed E-state index contributed by atoms with van der Waals surface area (Å²) in [7, 11) is 4.26. The van der Waals surface area contributed by atoms with Crippen LogP contribution in [0.2, 0.25) is 0 Å². The molecule has 0 spiro atoms. The van der Waals surface area contributed by atoms with Gasteiger partial charge in [-0.25, -0.2) is 0 Å². The van der Waals surface area contributed by atoms with Crippen molar-refractivity contribution >= 4 is 0 Å². The van der Waals surface area contributed by atoms with Crippen LogP contribution in [-0.2, 0) is 6.54 Å². The van der Waals surface area contributed by atoms with Crippen LogP contribution in [0.5, 0.6) is 0 Å². The summed E-state index contributed by atoms with van der Waals surface area (Å²) in [6.45, 7) is 8.45. The Bertz CT molecular complexity index is 546. The molecule has 4 nitrogen and oxygen atoms in total. The van der Waals surface area contributed by atoms with E-state index in [0.717, 1.165) is 39.0 Å². The summed E-state index contributed by atoms with van der Waals surface area (Å²) in [5.74, 6) is 0. The summed E-state index contributed by atoms with van der Waals surface area (Å²) in [4.78, 5) is 7.19. The van der Waals surface area contributed by atoms with Gasteiger partial charge in [0.05, 0.1) is 5.60 Å². The van der Waals surface area contributed by atoms with Crippen LogP contribution in [0.1, 0.15) is 49.8 Å². The van der Waals surface area contributed by atoms with Crippen molar-refractivity contribution in [2.45, 2.75) is 50.8 Å². The molecule has 2 fully saturated rings. The third-order valence-corrected chi connectivity index (χ3v) is 6.12. The van der Waals surface area contributed by atoms with Crippen LogP contribution in [0.4, 0.5) is 0 Å². The Hall–Kier alpha value is -0.940. The number of piperidine rings is 1. The standard InChI is InChI=1S/C21H35N3O/c1-18(22(2)3)20-8-6-7-19(15-20)16-23-13-9-21(25,10-14-23)17-24-11-4-5-12-24/h6-8,15,18,25H,4-5,9-14,16-17H2,1-3H3/t18-/m0/s1. The number of benzene rings is 1. The average molecular weight is 346 g/mol. The lowest BCUT2D eigenvalue weighted by Gasteiger charge is -2.40. The highest BCUT2D eigenvalue weighted by Gasteiger charge is 2.34. The van der Waals surface area contributed by atoms with Crippen molar-refractivity contribution in [3.63, 3.8) is 0 Å². The van der Waals surface area contributed by atoms with E-state index in [2.05, 4.69) is 60.0 Å². The number of rotatable bonds is 6. The van der Waals surface area contributed by atoms with Gasteiger partial charge in [-0.05, 0) is 70.9 Å². The van der Waals surface area contributed by atoms with Gasteiger partial charge in [-0.15, -0.1) is 0 Å². The maximum atomic E-state index is 10.9. The molecule has 0 radical (unpaired) electrons. The summed E-state index contributed by atoms with van der Waals surface area (Å²) in [5, 5.41) is 10.9. The van der Waals surface area contributed by atoms with Gasteiger partial charge in [0.2, 0.25) is 0 Å². The smallest absolute Gasteiger partial charge is 0.0798 e. The van der Waals surface area contributed by atoms with Gasteiger partial charge in [-0.1, -0.05) is 24.3 Å². The Morgan fingerprint density at radius 1 is 1.08 bits per heavy atom. The Labute approximate surface area is 153 Å². The van der Waals surface area contributed by atoms with E-state index in [1.165, 1.54) is 37.1 Å². The SMILES string of the molecule is C[C@@H](c1cccc(CN2CCC(O)(CN3CCCC3)CC2)c1)N(C)C. The Morgan fingerprint density at radius 3 is 2.40 bits per heavy atom. The van der Waals surface area contributed by atoms with E-state index in [1.54, 1.807) is 0 Å². The molecule has 2 aliphatic rings. The second kappa shape index (κ2) is 8.17. The predicted octanol–water partition coefficient (Wildman–Crippen LogP) is 2.73. The van der Waals surface area contributed by atoms with E-state index >= 15 is 0 Å². The van der Waals surface area contributed by atoms with Gasteiger partial charge in [0.15, 0.2) is 0 Å². The zero-order chi connectivity index (χ0) is 17.9. The summed E-state index contributed by atoms with van der Waals surface area (Å²) in [5.41, 5.74) is 2.29. The van der Waals surface area contributed by atoms with Crippen LogP contribution < -0.4 is 0 Å². The quantitative estimate of drug-likeness (QED) is 0.859. The fraction of sp³-hybridized carbons (Fsp3) is 0.714. The van der Waals surface area contributed by atoms with Crippen molar-refractivity contribution in [3.05, 3.63) is 35.4 Å². The Balaban J connectivity index is 1.52. The predicted molar refractivity (Wildman–Crippen MR) is 104 cm³/mol. The highest BCUT2D eigenvalue weighted by atomic mass is 16.3. The summed E-state index contributed by atoms with van der Waals surface area (Å²) in [6, 6.07) is 9.41. The molecule has 25 heavy (non-hydrogen) atoms. The maximum Gasteiger partial charge on any atom is 0.0798 e. The monoisotopic (exact) mass is 345 g/mol. The van der Waals surface area contributed by atoms with Crippen LogP contribution in [0.3, 0.4) is 0 Å². The number of aliphatic hydroxyl groups is 1. The van der Waals surface area contributed by atoms with Crippen molar-refractivity contribution < 1.29 is 5.11 Å². The number of hydrogen-bond acceptors (Lipinski definition) is 4. The van der Waals surface area contributed by atoms with Gasteiger partial charge < -0.3 is 14.9 Å². The van der Waals surface area contributed by atoms with Gasteiger partial charge >= 0.3 is 0 Å². The number of β-amino-alcohol motifs (C(OH)–C–C–N with tert-alkyl or cyclic N) is 1. The minimum Gasteiger partial charge on any atom is -0.388 e. The zero-order valence-electron chi connectivity index (χ0n) is 16.2. The molecule has 0 aromatic heterocycles. The highest BCUT2D eigenvalue weighted by Crippen LogP contribution is 2.26. The molecule has 0 amide bonds. The average Bonchev–Trinajstić information content (AvgIpc) is 3.09. The van der Waals surface area contributed by atoms with Crippen LogP contribution >= 0.6 is 0 Å². The van der Waals surface area contributed by atoms with E-state index < -0.39 is 5.60 Å². The first-order valence-corrected chi connectivity index (χ1v) is 9.88. The zero-order valence-corrected chi connectivity index (χ0v) is 16.2. The van der Waals surface area contributed by atoms with Gasteiger partial charge in [0.25, 0.3) is 0 Å². The van der Waals surface area contributed by atoms with Crippen LogP contribution in [0.25, 0.3) is 0 Å². The fourth-order valence-electron chi connectivity index (χ4n) is 4.15. The lowest BCUT2D eigenvalue weighted by Crippen LogP contribution is -2.50. The first-order chi connectivity index (χ1) is 12.0. The van der Waals surface area contributed by atoms with Crippen molar-refractivity contribution in [1.82, 2.24) is 14.7 Å². The minimum absolute atomic E-state index is 0.437. The van der Waals surface area contributed by atoms with Gasteiger partial charge in [-0.3, -0.25) is 4.90 Å². The lowest BCUT2D eigenvalue weighted by atomic mass is 9.90. The molecule has 0 unspecified atom stereocenters. The first-order valence-electron chi connectivity index (χ1n) is 9.88. The number of hydrogen-bond donors (Lipinski definition) is 1. The summed E-state index contributed by atoms with van der Waals surface area (Å²) < 4.78 is 0. The third kappa shape index (κ3) is 5.04. The highest BCUT2D eigenvalue weighted by molar-refractivity contribution is 5.25. The molecular weight excluding hydrogens is 310 g/mol. The lowest BCUT2D eigenvalue weighted by molar-refractivity contribution is -0.0430. The molecule has 0 bridgehead atoms. The molecule has 3 rings (SSSR count). The van der Waals surface area contributed by atoms with Crippen LogP contribution in [0.15, 0.2) is 24.3 Å². The maximum absolute atomic E-state index is 10.9. The van der Waals surface area contributed by atoms with Crippen molar-refractivity contribution in [3.8, 4) is 0 Å². The topological polar surface area (TPSA) is 30.0 Å². The van der Waals surface area contributed by atoms with Crippen molar-refractivity contribution in [1.29, 1.82) is 0 Å². The van der Waals surface area contributed by atoms with E-state index in [-0.39, 0.29) is 0 Å². The molecule has 1 atom stereocenters. The third-order valence-electron chi connectivity index (χ3n) is 6.12. The molecule has 4 heteroatoms. The molecular formula is C21H35N3O. The van der Waals surface area contributed by atoms with E-state index in [9.17, 15) is 5.11 Å². The molecule has 140 valence electrons. The van der Waals surface area contributed by atoms with Gasteiger partial charge in [0.1, 0.15) is 0 Å². The van der Waals surface area contributed by atoms with E-state index in [1.807, 2.05) is 0 Å². The van der Waals surface area contributed by atoms with E-state index in [4.69, 9.17) is 0 Å². The molecule has 2 saturated heterocycles. The van der Waals surface area contributed by atoms with Crippen LogP contribution in [0, 0.1) is 0 Å². The molecule has 1 aromatic carbocycles. The summed E-state index contributed by atoms with van der Waals surface area (Å²) >= 11 is 0. The van der Waals surface area contributed by atoms with Crippen LogP contribution in [-0.4, -0.2) is 72.2 Å². The first kappa shape index (κ1) is 18.8. The second-order valence-corrected chi connectivity index (χ2v) is 8.37. The molecule has 1 N–H and O–H groups in total. The fourth-order valence-corrected chi connectivity index (χ4v) is 4.15. The van der Waals surface area contributed by atoms with E-state index in [0.29, 0.717) is 6.04 Å².